The number of halogens is 3. The highest BCUT2D eigenvalue weighted by Crippen LogP contribution is 2.30. The zero-order chi connectivity index (χ0) is 12.6. The topological polar surface area (TPSA) is 39.2 Å². The van der Waals surface area contributed by atoms with Crippen LogP contribution in [0.5, 0.6) is 0 Å². The Balaban J connectivity index is 2.79. The summed E-state index contributed by atoms with van der Waals surface area (Å²) in [6.07, 6.45) is 1.17. The molecule has 2 aromatic rings. The van der Waals surface area contributed by atoms with Crippen LogP contribution in [0.2, 0.25) is 10.0 Å². The smallest absolute Gasteiger partial charge is 0.340 e. The van der Waals surface area contributed by atoms with Crippen LogP contribution < -0.4 is 0 Å². The van der Waals surface area contributed by atoms with E-state index in [1.54, 1.807) is 0 Å². The Morgan fingerprint density at radius 2 is 2.12 bits per heavy atom. The van der Waals surface area contributed by atoms with E-state index in [4.69, 9.17) is 23.2 Å². The van der Waals surface area contributed by atoms with Crippen LogP contribution in [0.25, 0.3) is 10.9 Å². The first-order valence-corrected chi connectivity index (χ1v) is 5.31. The third kappa shape index (κ3) is 2.06. The quantitative estimate of drug-likeness (QED) is 0.747. The van der Waals surface area contributed by atoms with Gasteiger partial charge in [0.25, 0.3) is 0 Å². The van der Waals surface area contributed by atoms with E-state index in [2.05, 4.69) is 9.72 Å². The fraction of sp³-hybridized carbons (Fsp3) is 0.0909. The molecule has 0 aliphatic heterocycles. The monoisotopic (exact) mass is 273 g/mol. The van der Waals surface area contributed by atoms with Gasteiger partial charge in [-0.05, 0) is 12.1 Å². The number of fused-ring (bicyclic) bond motifs is 1. The zero-order valence-corrected chi connectivity index (χ0v) is 10.1. The first-order valence-electron chi connectivity index (χ1n) is 4.56. The number of nitrogens with zero attached hydrogens (tertiary/aromatic N) is 1. The molecule has 0 radical (unpaired) electrons. The minimum atomic E-state index is -0.634. The summed E-state index contributed by atoms with van der Waals surface area (Å²) in [5, 5.41) is 0.531. The molecule has 2 rings (SSSR count). The van der Waals surface area contributed by atoms with Crippen LogP contribution in [0.1, 0.15) is 10.4 Å². The number of pyridine rings is 1. The van der Waals surface area contributed by atoms with Gasteiger partial charge in [-0.15, -0.1) is 0 Å². The van der Waals surface area contributed by atoms with Crippen molar-refractivity contribution in [3.8, 4) is 0 Å². The van der Waals surface area contributed by atoms with E-state index in [9.17, 15) is 9.18 Å². The molecule has 3 nitrogen and oxygen atoms in total. The van der Waals surface area contributed by atoms with Crippen LogP contribution in [0.15, 0.2) is 18.3 Å². The number of benzene rings is 1. The molecule has 0 bridgehead atoms. The average molecular weight is 274 g/mol. The summed E-state index contributed by atoms with van der Waals surface area (Å²) in [7, 11) is 1.22. The SMILES string of the molecule is COC(=O)c1cnc2c(F)cc(Cl)cc2c1Cl. The van der Waals surface area contributed by atoms with Crippen molar-refractivity contribution in [1.29, 1.82) is 0 Å². The molecule has 1 heterocycles. The van der Waals surface area contributed by atoms with E-state index in [0.29, 0.717) is 0 Å². The van der Waals surface area contributed by atoms with Crippen molar-refractivity contribution in [2.45, 2.75) is 0 Å². The number of hydrogen-bond donors (Lipinski definition) is 0. The largest absolute Gasteiger partial charge is 0.465 e. The lowest BCUT2D eigenvalue weighted by Crippen LogP contribution is -2.03. The van der Waals surface area contributed by atoms with E-state index in [1.165, 1.54) is 19.4 Å². The standard InChI is InChI=1S/C11H6Cl2FNO2/c1-17-11(16)7-4-15-10-6(9(7)13)2-5(12)3-8(10)14/h2-4H,1H3. The van der Waals surface area contributed by atoms with Gasteiger partial charge in [0, 0.05) is 16.6 Å². The fourth-order valence-corrected chi connectivity index (χ4v) is 1.92. The normalized spacial score (nSPS) is 10.6. The molecule has 0 amide bonds. The Bertz CT molecular complexity index is 616. The van der Waals surface area contributed by atoms with Crippen LogP contribution in [0.3, 0.4) is 0 Å². The number of esters is 1. The molecule has 0 saturated carbocycles. The third-order valence-electron chi connectivity index (χ3n) is 2.23. The molecular weight excluding hydrogens is 268 g/mol. The molecule has 0 unspecified atom stereocenters. The summed E-state index contributed by atoms with van der Waals surface area (Å²) in [4.78, 5) is 15.2. The number of ether oxygens (including phenoxy) is 1. The van der Waals surface area contributed by atoms with Crippen LogP contribution >= 0.6 is 23.2 Å². The summed E-state index contributed by atoms with van der Waals surface area (Å²) < 4.78 is 18.1. The molecule has 0 N–H and O–H groups in total. The molecular formula is C11H6Cl2FNO2. The lowest BCUT2D eigenvalue weighted by molar-refractivity contribution is 0.0600. The van der Waals surface area contributed by atoms with Crippen molar-refractivity contribution in [3.63, 3.8) is 0 Å². The second kappa shape index (κ2) is 4.47. The first kappa shape index (κ1) is 12.1. The fourth-order valence-electron chi connectivity index (χ4n) is 1.45. The molecule has 0 aliphatic carbocycles. The van der Waals surface area contributed by atoms with Gasteiger partial charge in [0.1, 0.15) is 5.52 Å². The van der Waals surface area contributed by atoms with E-state index >= 15 is 0 Å². The summed E-state index contributed by atoms with van der Waals surface area (Å²) in [6.45, 7) is 0. The highest BCUT2D eigenvalue weighted by Gasteiger charge is 2.16. The van der Waals surface area contributed by atoms with Gasteiger partial charge in [-0.3, -0.25) is 4.98 Å². The number of rotatable bonds is 1. The van der Waals surface area contributed by atoms with Gasteiger partial charge in [0.15, 0.2) is 5.82 Å². The molecule has 1 aromatic carbocycles. The molecule has 0 spiro atoms. The number of hydrogen-bond acceptors (Lipinski definition) is 3. The van der Waals surface area contributed by atoms with Gasteiger partial charge >= 0.3 is 5.97 Å². The van der Waals surface area contributed by atoms with Crippen LogP contribution in [0.4, 0.5) is 4.39 Å². The highest BCUT2D eigenvalue weighted by atomic mass is 35.5. The molecule has 17 heavy (non-hydrogen) atoms. The number of aromatic nitrogens is 1. The van der Waals surface area contributed by atoms with Crippen molar-refractivity contribution in [1.82, 2.24) is 4.98 Å². The Morgan fingerprint density at radius 3 is 2.76 bits per heavy atom. The summed E-state index contributed by atoms with van der Waals surface area (Å²) >= 11 is 11.7. The zero-order valence-electron chi connectivity index (χ0n) is 8.63. The minimum absolute atomic E-state index is 0.0621. The van der Waals surface area contributed by atoms with Crippen molar-refractivity contribution in [3.05, 3.63) is 39.8 Å². The summed E-state index contributed by atoms with van der Waals surface area (Å²) in [5.74, 6) is -1.23. The Labute approximate surface area is 106 Å². The van der Waals surface area contributed by atoms with Crippen molar-refractivity contribution >= 4 is 40.1 Å². The van der Waals surface area contributed by atoms with Gasteiger partial charge < -0.3 is 4.74 Å². The molecule has 0 saturated heterocycles. The number of carbonyl (C=O) groups is 1. The molecule has 6 heteroatoms. The highest BCUT2D eigenvalue weighted by molar-refractivity contribution is 6.39. The predicted molar refractivity (Wildman–Crippen MR) is 63.1 cm³/mol. The summed E-state index contributed by atoms with van der Waals surface area (Å²) in [6, 6.07) is 2.58. The maximum Gasteiger partial charge on any atom is 0.340 e. The Morgan fingerprint density at radius 1 is 1.41 bits per heavy atom. The van der Waals surface area contributed by atoms with Crippen LogP contribution in [-0.4, -0.2) is 18.1 Å². The predicted octanol–water partition coefficient (Wildman–Crippen LogP) is 3.47. The van der Waals surface area contributed by atoms with Crippen molar-refractivity contribution in [2.24, 2.45) is 0 Å². The van der Waals surface area contributed by atoms with Gasteiger partial charge in [-0.25, -0.2) is 9.18 Å². The molecule has 0 atom stereocenters. The van der Waals surface area contributed by atoms with Crippen molar-refractivity contribution in [2.75, 3.05) is 7.11 Å². The lowest BCUT2D eigenvalue weighted by atomic mass is 10.1. The molecule has 88 valence electrons. The average Bonchev–Trinajstić information content (AvgIpc) is 2.29. The third-order valence-corrected chi connectivity index (χ3v) is 2.85. The maximum absolute atomic E-state index is 13.5. The number of carbonyl (C=O) groups excluding carboxylic acids is 1. The molecule has 0 aliphatic rings. The van der Waals surface area contributed by atoms with Crippen LogP contribution in [-0.2, 0) is 4.74 Å². The minimum Gasteiger partial charge on any atom is -0.465 e. The second-order valence-electron chi connectivity index (χ2n) is 3.26. The number of methoxy groups -OCH3 is 1. The summed E-state index contributed by atoms with van der Waals surface area (Å²) in [5.41, 5.74) is 0.135. The maximum atomic E-state index is 13.5. The molecule has 0 fully saturated rings. The van der Waals surface area contributed by atoms with Crippen LogP contribution in [0, 0.1) is 5.82 Å². The van der Waals surface area contributed by atoms with Gasteiger partial charge in [0.05, 0.1) is 17.7 Å². The van der Waals surface area contributed by atoms with E-state index in [1.807, 2.05) is 0 Å². The van der Waals surface area contributed by atoms with Gasteiger partial charge in [-0.2, -0.15) is 0 Å². The van der Waals surface area contributed by atoms with E-state index < -0.39 is 11.8 Å². The second-order valence-corrected chi connectivity index (χ2v) is 4.08. The van der Waals surface area contributed by atoms with Gasteiger partial charge in [-0.1, -0.05) is 23.2 Å². The first-order chi connectivity index (χ1) is 8.04. The molecule has 1 aromatic heterocycles. The lowest BCUT2D eigenvalue weighted by Gasteiger charge is -2.06. The van der Waals surface area contributed by atoms with Crippen molar-refractivity contribution < 1.29 is 13.9 Å². The van der Waals surface area contributed by atoms with E-state index in [0.717, 1.165) is 6.07 Å². The Hall–Kier alpha value is -1.39. The Kier molecular flexibility index (Phi) is 3.17. The van der Waals surface area contributed by atoms with E-state index in [-0.39, 0.29) is 26.5 Å². The van der Waals surface area contributed by atoms with Gasteiger partial charge in [0.2, 0.25) is 0 Å².